The van der Waals surface area contributed by atoms with Gasteiger partial charge in [0.15, 0.2) is 0 Å². The summed E-state index contributed by atoms with van der Waals surface area (Å²) in [7, 11) is 1.77. The number of aryl methyl sites for hydroxylation is 1. The van der Waals surface area contributed by atoms with Crippen LogP contribution in [0.3, 0.4) is 0 Å². The molecule has 1 aromatic carbocycles. The molecule has 0 radical (unpaired) electrons. The predicted molar refractivity (Wildman–Crippen MR) is 100 cm³/mol. The fourth-order valence-electron chi connectivity index (χ4n) is 3.20. The van der Waals surface area contributed by atoms with E-state index in [2.05, 4.69) is 46.4 Å². The Morgan fingerprint density at radius 1 is 1.25 bits per heavy atom. The fraction of sp³-hybridized carbons (Fsp3) is 0.526. The molecule has 0 aliphatic carbocycles. The highest BCUT2D eigenvalue weighted by Crippen LogP contribution is 2.27. The highest BCUT2D eigenvalue weighted by atomic mass is 32.1. The van der Waals surface area contributed by atoms with Crippen molar-refractivity contribution in [2.75, 3.05) is 33.4 Å². The number of hydrogen-bond donors (Lipinski definition) is 1. The van der Waals surface area contributed by atoms with E-state index in [4.69, 9.17) is 4.74 Å². The quantitative estimate of drug-likeness (QED) is 0.835. The fourth-order valence-corrected chi connectivity index (χ4v) is 4.01. The van der Waals surface area contributed by atoms with Crippen molar-refractivity contribution in [1.29, 1.82) is 0 Å². The number of nitrogens with zero attached hydrogens (tertiary/aromatic N) is 2. The second kappa shape index (κ2) is 8.72. The molecule has 130 valence electrons. The molecule has 24 heavy (non-hydrogen) atoms. The minimum Gasteiger partial charge on any atom is -0.383 e. The average molecular weight is 346 g/mol. The summed E-state index contributed by atoms with van der Waals surface area (Å²) in [4.78, 5) is 8.10. The number of nitrogens with one attached hydrogen (secondary N) is 1. The van der Waals surface area contributed by atoms with Crippen LogP contribution in [0.25, 0.3) is 10.4 Å². The van der Waals surface area contributed by atoms with E-state index in [1.807, 2.05) is 5.51 Å². The van der Waals surface area contributed by atoms with Crippen molar-refractivity contribution in [3.8, 4) is 10.4 Å². The first kappa shape index (κ1) is 17.5. The Morgan fingerprint density at radius 2 is 2.00 bits per heavy atom. The summed E-state index contributed by atoms with van der Waals surface area (Å²) in [5.41, 5.74) is 5.65. The van der Waals surface area contributed by atoms with E-state index in [9.17, 15) is 0 Å². The monoisotopic (exact) mass is 345 g/mol. The van der Waals surface area contributed by atoms with E-state index >= 15 is 0 Å². The van der Waals surface area contributed by atoms with Gasteiger partial charge in [0.1, 0.15) is 0 Å². The minimum atomic E-state index is 0.632. The van der Waals surface area contributed by atoms with Gasteiger partial charge in [-0.2, -0.15) is 0 Å². The molecule has 1 saturated heterocycles. The Morgan fingerprint density at radius 3 is 2.62 bits per heavy atom. The van der Waals surface area contributed by atoms with Crippen LogP contribution >= 0.6 is 11.3 Å². The summed E-state index contributed by atoms with van der Waals surface area (Å²) in [6.45, 7) is 7.26. The topological polar surface area (TPSA) is 37.4 Å². The first-order valence-corrected chi connectivity index (χ1v) is 9.58. The summed E-state index contributed by atoms with van der Waals surface area (Å²) in [5.74, 6) is 0. The number of likely N-dealkylation sites (tertiary alicyclic amines) is 1. The Bertz CT molecular complexity index is 618. The molecule has 1 fully saturated rings. The second-order valence-electron chi connectivity index (χ2n) is 6.45. The normalized spacial score (nSPS) is 16.6. The molecule has 1 aromatic heterocycles. The van der Waals surface area contributed by atoms with Gasteiger partial charge in [0, 0.05) is 26.2 Å². The van der Waals surface area contributed by atoms with Crippen LogP contribution < -0.4 is 5.32 Å². The van der Waals surface area contributed by atoms with Gasteiger partial charge in [-0.1, -0.05) is 24.3 Å². The third-order valence-electron chi connectivity index (χ3n) is 4.76. The number of ether oxygens (including phenoxy) is 1. The van der Waals surface area contributed by atoms with Crippen LogP contribution in [0.2, 0.25) is 0 Å². The van der Waals surface area contributed by atoms with Gasteiger partial charge in [-0.05, 0) is 44.0 Å². The lowest BCUT2D eigenvalue weighted by Gasteiger charge is -2.32. The number of benzene rings is 1. The van der Waals surface area contributed by atoms with Gasteiger partial charge in [0.05, 0.1) is 22.7 Å². The molecule has 1 aliphatic heterocycles. The number of hydrogen-bond acceptors (Lipinski definition) is 5. The molecule has 1 N–H and O–H groups in total. The molecule has 0 bridgehead atoms. The lowest BCUT2D eigenvalue weighted by Crippen LogP contribution is -2.43. The highest BCUT2D eigenvalue weighted by Gasteiger charge is 2.18. The summed E-state index contributed by atoms with van der Waals surface area (Å²) >= 11 is 1.71. The molecule has 4 nitrogen and oxygen atoms in total. The number of aromatic nitrogens is 1. The van der Waals surface area contributed by atoms with Gasteiger partial charge < -0.3 is 15.0 Å². The van der Waals surface area contributed by atoms with Crippen molar-refractivity contribution in [2.24, 2.45) is 0 Å². The molecular formula is C19H27N3OS. The van der Waals surface area contributed by atoms with Crippen molar-refractivity contribution >= 4 is 11.3 Å². The van der Waals surface area contributed by atoms with Crippen LogP contribution in [0.4, 0.5) is 0 Å². The zero-order valence-electron chi connectivity index (χ0n) is 14.6. The molecular weight excluding hydrogens is 318 g/mol. The number of methoxy groups -OCH3 is 1. The standard InChI is InChI=1S/C19H27N3OS/c1-15-19(24-14-21-15)17-5-3-16(4-6-17)13-20-18-7-9-22(10-8-18)11-12-23-2/h3-6,14,18,20H,7-13H2,1-2H3. The molecule has 0 saturated carbocycles. The summed E-state index contributed by atoms with van der Waals surface area (Å²) in [6, 6.07) is 9.52. The first-order valence-electron chi connectivity index (χ1n) is 8.70. The minimum absolute atomic E-state index is 0.632. The van der Waals surface area contributed by atoms with Crippen LogP contribution in [0, 0.1) is 6.92 Å². The van der Waals surface area contributed by atoms with Crippen molar-refractivity contribution in [3.05, 3.63) is 41.0 Å². The number of piperidine rings is 1. The van der Waals surface area contributed by atoms with Crippen LogP contribution in [0.1, 0.15) is 24.1 Å². The van der Waals surface area contributed by atoms with Gasteiger partial charge in [0.25, 0.3) is 0 Å². The van der Waals surface area contributed by atoms with Gasteiger partial charge >= 0.3 is 0 Å². The predicted octanol–water partition coefficient (Wildman–Crippen LogP) is 3.32. The summed E-state index contributed by atoms with van der Waals surface area (Å²) < 4.78 is 5.16. The molecule has 0 spiro atoms. The average Bonchev–Trinajstić information content (AvgIpc) is 3.05. The smallest absolute Gasteiger partial charge is 0.0801 e. The van der Waals surface area contributed by atoms with E-state index in [1.54, 1.807) is 18.4 Å². The molecule has 3 rings (SSSR count). The van der Waals surface area contributed by atoms with Gasteiger partial charge in [0.2, 0.25) is 0 Å². The Labute approximate surface area is 148 Å². The molecule has 0 atom stereocenters. The van der Waals surface area contributed by atoms with Crippen LogP contribution in [0.15, 0.2) is 29.8 Å². The van der Waals surface area contributed by atoms with Crippen LogP contribution in [-0.4, -0.2) is 49.3 Å². The van der Waals surface area contributed by atoms with E-state index in [0.717, 1.165) is 25.4 Å². The maximum absolute atomic E-state index is 5.16. The molecule has 0 unspecified atom stereocenters. The first-order chi connectivity index (χ1) is 11.8. The maximum atomic E-state index is 5.16. The molecule has 5 heteroatoms. The van der Waals surface area contributed by atoms with Crippen molar-refractivity contribution in [2.45, 2.75) is 32.4 Å². The van der Waals surface area contributed by atoms with Gasteiger partial charge in [-0.25, -0.2) is 4.98 Å². The third-order valence-corrected chi connectivity index (χ3v) is 5.73. The molecule has 0 amide bonds. The molecule has 2 heterocycles. The molecule has 2 aromatic rings. The maximum Gasteiger partial charge on any atom is 0.0801 e. The van der Waals surface area contributed by atoms with Gasteiger partial charge in [-0.3, -0.25) is 0 Å². The Kier molecular flexibility index (Phi) is 6.37. The SMILES string of the molecule is COCCN1CCC(NCc2ccc(-c3scnc3C)cc2)CC1. The van der Waals surface area contributed by atoms with Crippen LogP contribution in [0.5, 0.6) is 0 Å². The largest absolute Gasteiger partial charge is 0.383 e. The van der Waals surface area contributed by atoms with E-state index in [-0.39, 0.29) is 0 Å². The van der Waals surface area contributed by atoms with Gasteiger partial charge in [-0.15, -0.1) is 11.3 Å². The highest BCUT2D eigenvalue weighted by molar-refractivity contribution is 7.13. The zero-order valence-corrected chi connectivity index (χ0v) is 15.4. The van der Waals surface area contributed by atoms with Crippen molar-refractivity contribution < 1.29 is 4.74 Å². The van der Waals surface area contributed by atoms with E-state index in [1.165, 1.54) is 41.9 Å². The van der Waals surface area contributed by atoms with E-state index < -0.39 is 0 Å². The number of rotatable bonds is 7. The third kappa shape index (κ3) is 4.63. The molecule has 1 aliphatic rings. The zero-order chi connectivity index (χ0) is 16.8. The number of thiazole rings is 1. The lowest BCUT2D eigenvalue weighted by molar-refractivity contribution is 0.126. The van der Waals surface area contributed by atoms with Crippen LogP contribution in [-0.2, 0) is 11.3 Å². The summed E-state index contributed by atoms with van der Waals surface area (Å²) in [5, 5.41) is 3.71. The second-order valence-corrected chi connectivity index (χ2v) is 7.31. The summed E-state index contributed by atoms with van der Waals surface area (Å²) in [6.07, 6.45) is 2.45. The van der Waals surface area contributed by atoms with Crippen molar-refractivity contribution in [1.82, 2.24) is 15.2 Å². The lowest BCUT2D eigenvalue weighted by atomic mass is 10.0. The Hall–Kier alpha value is -1.27. The Balaban J connectivity index is 1.45. The van der Waals surface area contributed by atoms with E-state index in [0.29, 0.717) is 6.04 Å². The van der Waals surface area contributed by atoms with Crippen molar-refractivity contribution in [3.63, 3.8) is 0 Å².